The average Bonchev–Trinajstić information content (AvgIpc) is 3.14. The smallest absolute Gasteiger partial charge is 0.339 e. The van der Waals surface area contributed by atoms with E-state index in [1.807, 2.05) is 67.6 Å². The Morgan fingerprint density at radius 1 is 0.673 bits per heavy atom. The average molecular weight is 723 g/mol. The Hall–Kier alpha value is -5.94. The van der Waals surface area contributed by atoms with Gasteiger partial charge in [0.2, 0.25) is 16.9 Å². The van der Waals surface area contributed by atoms with Crippen molar-refractivity contribution in [2.75, 3.05) is 14.2 Å². The van der Waals surface area contributed by atoms with Gasteiger partial charge in [0.1, 0.15) is 29.1 Å². The molecule has 0 saturated carbocycles. The third kappa shape index (κ3) is 7.84. The molecule has 0 N–H and O–H groups in total. The quantitative estimate of drug-likeness (QED) is 0.101. The molecule has 0 saturated heterocycles. The lowest BCUT2D eigenvalue weighted by molar-refractivity contribution is 0.224. The third-order valence-corrected chi connectivity index (χ3v) is 9.21. The molecular formula is C41H38O10S. The van der Waals surface area contributed by atoms with E-state index >= 15 is 0 Å². The summed E-state index contributed by atoms with van der Waals surface area (Å²) in [4.78, 5) is 14.5. The largest absolute Gasteiger partial charge is 0.493 e. The van der Waals surface area contributed by atoms with E-state index in [9.17, 15) is 13.2 Å². The van der Waals surface area contributed by atoms with Crippen LogP contribution in [-0.4, -0.2) is 28.7 Å². The highest BCUT2D eigenvalue weighted by atomic mass is 32.2. The van der Waals surface area contributed by atoms with Crippen LogP contribution in [0, 0.1) is 6.92 Å². The van der Waals surface area contributed by atoms with Crippen LogP contribution in [0.5, 0.6) is 34.5 Å². The summed E-state index contributed by atoms with van der Waals surface area (Å²) in [6, 6.07) is 31.6. The van der Waals surface area contributed by atoms with Gasteiger partial charge in [-0.3, -0.25) is 4.79 Å². The minimum atomic E-state index is -4.53. The van der Waals surface area contributed by atoms with Gasteiger partial charge < -0.3 is 32.3 Å². The maximum atomic E-state index is 14.6. The molecule has 0 atom stereocenters. The zero-order valence-corrected chi connectivity index (χ0v) is 30.2. The molecule has 0 spiro atoms. The highest BCUT2D eigenvalue weighted by Crippen LogP contribution is 2.46. The van der Waals surface area contributed by atoms with Crippen LogP contribution in [0.3, 0.4) is 0 Å². The van der Waals surface area contributed by atoms with Crippen molar-refractivity contribution in [3.63, 3.8) is 0 Å². The predicted molar refractivity (Wildman–Crippen MR) is 197 cm³/mol. The highest BCUT2D eigenvalue weighted by molar-refractivity contribution is 7.87. The lowest BCUT2D eigenvalue weighted by atomic mass is 10.1. The zero-order valence-electron chi connectivity index (χ0n) is 29.4. The number of hydrogen-bond donors (Lipinski definition) is 0. The number of benzene rings is 5. The number of fused-ring (bicyclic) bond motifs is 1. The first kappa shape index (κ1) is 35.9. The van der Waals surface area contributed by atoms with Gasteiger partial charge in [-0.05, 0) is 62.2 Å². The van der Waals surface area contributed by atoms with E-state index in [2.05, 4.69) is 0 Å². The van der Waals surface area contributed by atoms with E-state index in [4.69, 9.17) is 32.3 Å². The minimum Gasteiger partial charge on any atom is -0.493 e. The molecule has 11 heteroatoms. The topological polar surface area (TPSA) is 120 Å². The van der Waals surface area contributed by atoms with E-state index < -0.39 is 27.4 Å². The van der Waals surface area contributed by atoms with Gasteiger partial charge in [0, 0.05) is 11.6 Å². The Balaban J connectivity index is 1.55. The number of rotatable bonds is 14. The molecule has 6 rings (SSSR count). The number of ether oxygens (including phenoxy) is 5. The Labute approximate surface area is 302 Å². The van der Waals surface area contributed by atoms with E-state index in [0.29, 0.717) is 11.5 Å². The molecule has 0 fully saturated rings. The fourth-order valence-electron chi connectivity index (χ4n) is 5.44. The molecule has 0 unspecified atom stereocenters. The molecule has 1 heterocycles. The summed E-state index contributed by atoms with van der Waals surface area (Å²) in [5.41, 5.74) is 2.21. The van der Waals surface area contributed by atoms with Gasteiger partial charge in [0.05, 0.1) is 20.3 Å². The van der Waals surface area contributed by atoms with Crippen LogP contribution in [0.25, 0.3) is 22.3 Å². The van der Waals surface area contributed by atoms with Crippen molar-refractivity contribution in [1.29, 1.82) is 0 Å². The molecule has 0 bridgehead atoms. The van der Waals surface area contributed by atoms with Gasteiger partial charge >= 0.3 is 10.1 Å². The second-order valence-corrected chi connectivity index (χ2v) is 13.7. The first-order chi connectivity index (χ1) is 25.1. The molecule has 6 aromatic rings. The molecule has 10 nitrogen and oxygen atoms in total. The normalized spacial score (nSPS) is 11.3. The molecule has 1 aromatic heterocycles. The van der Waals surface area contributed by atoms with Crippen LogP contribution in [0.2, 0.25) is 0 Å². The highest BCUT2D eigenvalue weighted by Gasteiger charge is 2.30. The second-order valence-electron chi connectivity index (χ2n) is 12.1. The Kier molecular flexibility index (Phi) is 10.7. The van der Waals surface area contributed by atoms with Crippen molar-refractivity contribution >= 4 is 21.1 Å². The van der Waals surface area contributed by atoms with Crippen molar-refractivity contribution < 1.29 is 40.7 Å². The summed E-state index contributed by atoms with van der Waals surface area (Å²) >= 11 is 0. The lowest BCUT2D eigenvalue weighted by Gasteiger charge is -2.20. The third-order valence-electron chi connectivity index (χ3n) is 7.98. The van der Waals surface area contributed by atoms with Gasteiger partial charge in [-0.1, -0.05) is 78.4 Å². The van der Waals surface area contributed by atoms with Crippen LogP contribution in [-0.2, 0) is 23.3 Å². The van der Waals surface area contributed by atoms with Gasteiger partial charge in [0.25, 0.3) is 0 Å². The van der Waals surface area contributed by atoms with E-state index in [-0.39, 0.29) is 57.7 Å². The summed E-state index contributed by atoms with van der Waals surface area (Å²) in [5, 5.41) is -0.0924. The zero-order chi connectivity index (χ0) is 36.8. The first-order valence-corrected chi connectivity index (χ1v) is 17.9. The fourth-order valence-corrected chi connectivity index (χ4v) is 6.37. The molecule has 0 aliphatic carbocycles. The number of hydrogen-bond acceptors (Lipinski definition) is 10. The summed E-state index contributed by atoms with van der Waals surface area (Å²) < 4.78 is 69.4. The predicted octanol–water partition coefficient (Wildman–Crippen LogP) is 8.50. The van der Waals surface area contributed by atoms with Crippen molar-refractivity contribution in [1.82, 2.24) is 0 Å². The Morgan fingerprint density at radius 3 is 1.87 bits per heavy atom. The number of methoxy groups -OCH3 is 2. The molecule has 0 radical (unpaired) electrons. The molecule has 5 aromatic carbocycles. The van der Waals surface area contributed by atoms with Crippen molar-refractivity contribution in [3.05, 3.63) is 136 Å². The SMILES string of the molecule is COc1cc(-c2oc3cc(OCc4ccccc4)c(OC)c(OC(C)C)c3c(=O)c2OS(=O)(=O)c2ccc(C)cc2)ccc1OCc1ccccc1. The molecule has 0 aliphatic heterocycles. The minimum absolute atomic E-state index is 0.0122. The first-order valence-electron chi connectivity index (χ1n) is 16.5. The van der Waals surface area contributed by atoms with Crippen molar-refractivity contribution in [2.24, 2.45) is 0 Å². The molecule has 268 valence electrons. The van der Waals surface area contributed by atoms with Crippen LogP contribution in [0.15, 0.2) is 123 Å². The van der Waals surface area contributed by atoms with Crippen molar-refractivity contribution in [2.45, 2.75) is 45.0 Å². The fraction of sp³-hybridized carbons (Fsp3) is 0.195. The van der Waals surface area contributed by atoms with Crippen LogP contribution in [0.4, 0.5) is 0 Å². The Morgan fingerprint density at radius 2 is 1.29 bits per heavy atom. The summed E-state index contributed by atoms with van der Waals surface area (Å²) in [5.74, 6) is 0.365. The van der Waals surface area contributed by atoms with Crippen molar-refractivity contribution in [3.8, 4) is 45.8 Å². The Bertz CT molecular complexity index is 2330. The molecule has 0 aliphatic rings. The maximum absolute atomic E-state index is 14.6. The van der Waals surface area contributed by atoms with Gasteiger partial charge in [-0.15, -0.1) is 0 Å². The van der Waals surface area contributed by atoms with E-state index in [1.165, 1.54) is 32.4 Å². The van der Waals surface area contributed by atoms with Crippen LogP contribution < -0.4 is 33.3 Å². The van der Waals surface area contributed by atoms with Gasteiger partial charge in [-0.2, -0.15) is 8.42 Å². The maximum Gasteiger partial charge on any atom is 0.339 e. The van der Waals surface area contributed by atoms with Gasteiger partial charge in [-0.25, -0.2) is 0 Å². The standard InChI is InChI=1S/C41H38O10S/c1-26(2)49-40-36-34(23-35(39(40)46-5)48-25-29-14-10-7-11-15-29)50-38(41(37(36)42)51-52(43,44)31-19-16-27(3)17-20-31)30-18-21-32(33(22-30)45-4)47-24-28-12-8-6-9-13-28/h6-23,26H,24-25H2,1-5H3. The molecular weight excluding hydrogens is 685 g/mol. The monoisotopic (exact) mass is 722 g/mol. The molecule has 0 amide bonds. The second kappa shape index (κ2) is 15.5. The number of aryl methyl sites for hydroxylation is 1. The van der Waals surface area contributed by atoms with E-state index in [1.54, 1.807) is 44.2 Å². The summed E-state index contributed by atoms with van der Waals surface area (Å²) in [7, 11) is -1.63. The summed E-state index contributed by atoms with van der Waals surface area (Å²) in [6.07, 6.45) is -0.422. The summed E-state index contributed by atoms with van der Waals surface area (Å²) in [6.45, 7) is 5.85. The van der Waals surface area contributed by atoms with Gasteiger partial charge in [0.15, 0.2) is 28.8 Å². The lowest BCUT2D eigenvalue weighted by Crippen LogP contribution is -2.18. The van der Waals surface area contributed by atoms with E-state index in [0.717, 1.165) is 16.7 Å². The van der Waals surface area contributed by atoms with Crippen LogP contribution in [0.1, 0.15) is 30.5 Å². The molecule has 52 heavy (non-hydrogen) atoms. The van der Waals surface area contributed by atoms with Crippen LogP contribution >= 0.6 is 0 Å².